The number of nitrogens with one attached hydrogen (secondary N) is 1. The number of carbonyl (C=O) groups excluding carboxylic acids is 1. The van der Waals surface area contributed by atoms with Crippen LogP contribution in [0.3, 0.4) is 0 Å². The first-order chi connectivity index (χ1) is 8.03. The second kappa shape index (κ2) is 4.20. The van der Waals surface area contributed by atoms with Crippen LogP contribution in [-0.4, -0.2) is 23.4 Å². The van der Waals surface area contributed by atoms with Gasteiger partial charge in [-0.3, -0.25) is 9.59 Å². The maximum absolute atomic E-state index is 11.2. The largest absolute Gasteiger partial charge is 0.481 e. The van der Waals surface area contributed by atoms with E-state index in [4.69, 9.17) is 5.11 Å². The third-order valence-electron chi connectivity index (χ3n) is 3.21. The van der Waals surface area contributed by atoms with Gasteiger partial charge in [0.05, 0.1) is 5.41 Å². The summed E-state index contributed by atoms with van der Waals surface area (Å²) >= 11 is 0. The number of carboxylic acid groups (broad SMARTS) is 1. The van der Waals surface area contributed by atoms with Gasteiger partial charge in [0, 0.05) is 17.8 Å². The Morgan fingerprint density at radius 2 is 2.12 bits per heavy atom. The van der Waals surface area contributed by atoms with Gasteiger partial charge < -0.3 is 10.4 Å². The Kier molecular flexibility index (Phi) is 2.88. The molecule has 0 amide bonds. The highest BCUT2D eigenvalue weighted by Crippen LogP contribution is 2.45. The van der Waals surface area contributed by atoms with Crippen LogP contribution in [0.2, 0.25) is 0 Å². The molecule has 0 unspecified atom stereocenters. The minimum Gasteiger partial charge on any atom is -0.481 e. The average Bonchev–Trinajstić information content (AvgIpc) is 3.08. The lowest BCUT2D eigenvalue weighted by Gasteiger charge is -2.12. The Morgan fingerprint density at radius 1 is 1.41 bits per heavy atom. The van der Waals surface area contributed by atoms with E-state index in [9.17, 15) is 9.59 Å². The predicted molar refractivity (Wildman–Crippen MR) is 64.2 cm³/mol. The van der Waals surface area contributed by atoms with Gasteiger partial charge in [0.1, 0.15) is 0 Å². The maximum atomic E-state index is 11.2. The van der Waals surface area contributed by atoms with E-state index in [0.717, 1.165) is 18.5 Å². The topological polar surface area (TPSA) is 66.4 Å². The Labute approximate surface area is 99.6 Å². The van der Waals surface area contributed by atoms with Gasteiger partial charge in [-0.2, -0.15) is 0 Å². The molecule has 2 rings (SSSR count). The molecular formula is C13H15NO3. The molecule has 0 atom stereocenters. The number of hydrogen-bond donors (Lipinski definition) is 2. The molecule has 1 fully saturated rings. The lowest BCUT2D eigenvalue weighted by Crippen LogP contribution is -2.24. The summed E-state index contributed by atoms with van der Waals surface area (Å²) < 4.78 is 0. The molecule has 0 radical (unpaired) electrons. The fourth-order valence-electron chi connectivity index (χ4n) is 1.74. The van der Waals surface area contributed by atoms with E-state index >= 15 is 0 Å². The molecule has 0 spiro atoms. The molecular weight excluding hydrogens is 218 g/mol. The van der Waals surface area contributed by atoms with Crippen LogP contribution >= 0.6 is 0 Å². The fraction of sp³-hybridized carbons (Fsp3) is 0.385. The molecule has 0 aromatic heterocycles. The van der Waals surface area contributed by atoms with Gasteiger partial charge in [0.2, 0.25) is 0 Å². The molecule has 0 bridgehead atoms. The number of benzene rings is 1. The number of carboxylic acids is 1. The highest BCUT2D eigenvalue weighted by Gasteiger charge is 2.49. The summed E-state index contributed by atoms with van der Waals surface area (Å²) in [5, 5.41) is 12.1. The summed E-state index contributed by atoms with van der Waals surface area (Å²) in [6, 6.07) is 7.13. The SMILES string of the molecule is CC(=O)c1cccc(NCC2(C(=O)O)CC2)c1. The molecule has 4 nitrogen and oxygen atoms in total. The van der Waals surface area contributed by atoms with Crippen LogP contribution in [0.5, 0.6) is 0 Å². The quantitative estimate of drug-likeness (QED) is 0.765. The van der Waals surface area contributed by atoms with Gasteiger partial charge in [-0.1, -0.05) is 12.1 Å². The summed E-state index contributed by atoms with van der Waals surface area (Å²) in [6.45, 7) is 1.93. The molecule has 90 valence electrons. The van der Waals surface area contributed by atoms with Gasteiger partial charge in [-0.25, -0.2) is 0 Å². The number of Topliss-reactive ketones (excluding diaryl/α,β-unsaturated/α-hetero) is 1. The van der Waals surface area contributed by atoms with Gasteiger partial charge in [0.25, 0.3) is 0 Å². The van der Waals surface area contributed by atoms with Crippen molar-refractivity contribution in [3.63, 3.8) is 0 Å². The van der Waals surface area contributed by atoms with Crippen molar-refractivity contribution in [2.75, 3.05) is 11.9 Å². The summed E-state index contributed by atoms with van der Waals surface area (Å²) in [7, 11) is 0. The molecule has 0 aliphatic heterocycles. The van der Waals surface area contributed by atoms with Crippen LogP contribution in [0.25, 0.3) is 0 Å². The second-order valence-electron chi connectivity index (χ2n) is 4.58. The zero-order valence-corrected chi connectivity index (χ0v) is 9.69. The molecule has 4 heteroatoms. The Bertz CT molecular complexity index is 463. The summed E-state index contributed by atoms with van der Waals surface area (Å²) in [5.74, 6) is -0.735. The maximum Gasteiger partial charge on any atom is 0.311 e. The number of hydrogen-bond acceptors (Lipinski definition) is 3. The van der Waals surface area contributed by atoms with Crippen molar-refractivity contribution in [2.24, 2.45) is 5.41 Å². The first-order valence-corrected chi connectivity index (χ1v) is 5.62. The molecule has 1 aromatic rings. The Hall–Kier alpha value is -1.84. The number of rotatable bonds is 5. The zero-order valence-electron chi connectivity index (χ0n) is 9.69. The van der Waals surface area contributed by atoms with Crippen molar-refractivity contribution < 1.29 is 14.7 Å². The van der Waals surface area contributed by atoms with Crippen molar-refractivity contribution in [3.05, 3.63) is 29.8 Å². The van der Waals surface area contributed by atoms with Gasteiger partial charge in [-0.15, -0.1) is 0 Å². The molecule has 1 saturated carbocycles. The first-order valence-electron chi connectivity index (χ1n) is 5.62. The van der Waals surface area contributed by atoms with E-state index in [0.29, 0.717) is 12.1 Å². The lowest BCUT2D eigenvalue weighted by atomic mass is 10.1. The summed E-state index contributed by atoms with van der Waals surface area (Å²) in [5.41, 5.74) is 0.840. The van der Waals surface area contributed by atoms with Crippen molar-refractivity contribution in [2.45, 2.75) is 19.8 Å². The van der Waals surface area contributed by atoms with Crippen LogP contribution < -0.4 is 5.32 Å². The molecule has 0 saturated heterocycles. The minimum atomic E-state index is -0.743. The van der Waals surface area contributed by atoms with Gasteiger partial charge in [0.15, 0.2) is 5.78 Å². The normalized spacial score (nSPS) is 16.3. The number of carbonyl (C=O) groups is 2. The zero-order chi connectivity index (χ0) is 12.5. The predicted octanol–water partition coefficient (Wildman–Crippen LogP) is 2.17. The van der Waals surface area contributed by atoms with Crippen molar-refractivity contribution >= 4 is 17.4 Å². The monoisotopic (exact) mass is 233 g/mol. The Morgan fingerprint density at radius 3 is 2.65 bits per heavy atom. The van der Waals surface area contributed by atoms with Crippen LogP contribution in [0.15, 0.2) is 24.3 Å². The van der Waals surface area contributed by atoms with Crippen molar-refractivity contribution in [3.8, 4) is 0 Å². The third kappa shape index (κ3) is 2.46. The summed E-state index contributed by atoms with van der Waals surface area (Å²) in [6.07, 6.45) is 1.45. The van der Waals surface area contributed by atoms with Crippen molar-refractivity contribution in [1.29, 1.82) is 0 Å². The molecule has 0 heterocycles. The van der Waals surface area contributed by atoms with Crippen LogP contribution in [-0.2, 0) is 4.79 Å². The minimum absolute atomic E-state index is 0.00743. The van der Waals surface area contributed by atoms with Gasteiger partial charge >= 0.3 is 5.97 Å². The smallest absolute Gasteiger partial charge is 0.311 e. The first kappa shape index (κ1) is 11.6. The number of aliphatic carboxylic acids is 1. The molecule has 1 aromatic carbocycles. The summed E-state index contributed by atoms with van der Waals surface area (Å²) in [4.78, 5) is 22.2. The lowest BCUT2D eigenvalue weighted by molar-refractivity contribution is -0.142. The van der Waals surface area contributed by atoms with E-state index in [2.05, 4.69) is 5.32 Å². The van der Waals surface area contributed by atoms with Crippen LogP contribution in [0.4, 0.5) is 5.69 Å². The van der Waals surface area contributed by atoms with E-state index < -0.39 is 11.4 Å². The number of anilines is 1. The molecule has 1 aliphatic carbocycles. The number of ketones is 1. The van der Waals surface area contributed by atoms with E-state index in [1.807, 2.05) is 6.07 Å². The highest BCUT2D eigenvalue weighted by atomic mass is 16.4. The van der Waals surface area contributed by atoms with Crippen molar-refractivity contribution in [1.82, 2.24) is 0 Å². The average molecular weight is 233 g/mol. The Balaban J connectivity index is 2.02. The molecule has 1 aliphatic rings. The second-order valence-corrected chi connectivity index (χ2v) is 4.58. The standard InChI is InChI=1S/C13H15NO3/c1-9(15)10-3-2-4-11(7-10)14-8-13(5-6-13)12(16)17/h2-4,7,14H,5-6,8H2,1H3,(H,16,17). The van der Waals surface area contributed by atoms with E-state index in [1.54, 1.807) is 18.2 Å². The molecule has 17 heavy (non-hydrogen) atoms. The highest BCUT2D eigenvalue weighted by molar-refractivity contribution is 5.94. The fourth-order valence-corrected chi connectivity index (χ4v) is 1.74. The van der Waals surface area contributed by atoms with E-state index in [1.165, 1.54) is 6.92 Å². The third-order valence-corrected chi connectivity index (χ3v) is 3.21. The van der Waals surface area contributed by atoms with Gasteiger partial charge in [-0.05, 0) is 31.9 Å². The van der Waals surface area contributed by atoms with E-state index in [-0.39, 0.29) is 5.78 Å². The molecule has 2 N–H and O–H groups in total. The van der Waals surface area contributed by atoms with Crippen LogP contribution in [0, 0.1) is 5.41 Å². The van der Waals surface area contributed by atoms with Crippen LogP contribution in [0.1, 0.15) is 30.1 Å².